The molecule has 3 heteroatoms. The number of aliphatic hydroxyl groups excluding tert-OH is 1. The van der Waals surface area contributed by atoms with Gasteiger partial charge in [0.05, 0.1) is 5.80 Å². The van der Waals surface area contributed by atoms with E-state index in [2.05, 4.69) is 4.98 Å². The van der Waals surface area contributed by atoms with Crippen LogP contribution in [-0.4, -0.2) is 10.1 Å². The second kappa shape index (κ2) is 4.52. The van der Waals surface area contributed by atoms with Gasteiger partial charge in [0.15, 0.2) is 0 Å². The second-order valence-corrected chi connectivity index (χ2v) is 5.41. The number of hydrogen-bond donors (Lipinski definition) is 1. The summed E-state index contributed by atoms with van der Waals surface area (Å²) in [5, 5.41) is 10.8. The van der Waals surface area contributed by atoms with Crippen molar-refractivity contribution in [2.75, 3.05) is 0 Å². The Kier molecular flexibility index (Phi) is 3.10. The molecule has 1 unspecified atom stereocenters. The third-order valence-corrected chi connectivity index (χ3v) is 4.26. The van der Waals surface area contributed by atoms with E-state index in [1.807, 2.05) is 42.3 Å². The number of rotatable bonds is 2. The molecule has 0 aliphatic rings. The molecule has 0 amide bonds. The molecule has 0 saturated heterocycles. The Morgan fingerprint density at radius 2 is 2.13 bits per heavy atom. The van der Waals surface area contributed by atoms with Gasteiger partial charge in [-0.1, -0.05) is 6.07 Å². The van der Waals surface area contributed by atoms with Crippen LogP contribution >= 0.6 is 7.53 Å². The lowest BCUT2D eigenvalue weighted by Crippen LogP contribution is -1.83. The van der Waals surface area contributed by atoms with Gasteiger partial charge in [0.2, 0.25) is 0 Å². The number of hydrogen-bond acceptors (Lipinski definition) is 2. The highest BCUT2D eigenvalue weighted by molar-refractivity contribution is 7.55. The Morgan fingerprint density at radius 1 is 1.27 bits per heavy atom. The Morgan fingerprint density at radius 3 is 2.80 bits per heavy atom. The zero-order chi connectivity index (χ0) is 10.7. The summed E-state index contributed by atoms with van der Waals surface area (Å²) in [4.78, 5) is 4.09. The molecule has 1 atom stereocenters. The molecule has 76 valence electrons. The van der Waals surface area contributed by atoms with Gasteiger partial charge in [-0.05, 0) is 24.3 Å². The van der Waals surface area contributed by atoms with Crippen LogP contribution in [0, 0.1) is 5.85 Å². The number of aromatic nitrogens is 1. The molecule has 0 spiro atoms. The van der Waals surface area contributed by atoms with Crippen LogP contribution in [0.4, 0.5) is 0 Å². The van der Waals surface area contributed by atoms with Gasteiger partial charge in [-0.3, -0.25) is 4.98 Å². The molecule has 0 bridgehead atoms. The van der Waals surface area contributed by atoms with Crippen LogP contribution in [0.25, 0.3) is 10.9 Å². The van der Waals surface area contributed by atoms with Gasteiger partial charge in [-0.2, -0.15) is 0 Å². The maximum atomic E-state index is 9.63. The largest absolute Gasteiger partial charge is 0.516 e. The molecular formula is C12H12NOP. The molecule has 2 nitrogen and oxygen atoms in total. The van der Waals surface area contributed by atoms with Crippen LogP contribution in [-0.2, 0) is 0 Å². The van der Waals surface area contributed by atoms with Crippen molar-refractivity contribution in [3.63, 3.8) is 0 Å². The second-order valence-electron chi connectivity index (χ2n) is 3.24. The number of aliphatic hydroxyl groups is 1. The van der Waals surface area contributed by atoms with Crippen molar-refractivity contribution in [1.82, 2.24) is 4.98 Å². The first kappa shape index (κ1) is 10.3. The third-order valence-electron chi connectivity index (χ3n) is 2.17. The smallest absolute Gasteiger partial charge is 0.128 e. The summed E-state index contributed by atoms with van der Waals surface area (Å²) in [6.45, 7) is 1.76. The van der Waals surface area contributed by atoms with Gasteiger partial charge in [0.25, 0.3) is 0 Å². The van der Waals surface area contributed by atoms with E-state index in [9.17, 15) is 5.11 Å². The predicted octanol–water partition coefficient (Wildman–Crippen LogP) is 3.75. The van der Waals surface area contributed by atoms with Crippen LogP contribution in [0.1, 0.15) is 6.92 Å². The van der Waals surface area contributed by atoms with Crippen LogP contribution in [0.3, 0.4) is 0 Å². The van der Waals surface area contributed by atoms with E-state index in [4.69, 9.17) is 0 Å². The molecule has 2 rings (SSSR count). The summed E-state index contributed by atoms with van der Waals surface area (Å²) < 4.78 is 0. The summed E-state index contributed by atoms with van der Waals surface area (Å²) in [5.41, 5.74) is 1.08. The molecule has 2 aromatic heterocycles. The fourth-order valence-corrected chi connectivity index (χ4v) is 3.13. The summed E-state index contributed by atoms with van der Waals surface area (Å²) in [6, 6.07) is 9.94. The van der Waals surface area contributed by atoms with E-state index in [0.29, 0.717) is 5.85 Å². The van der Waals surface area contributed by atoms with E-state index in [1.165, 1.54) is 0 Å². The molecule has 2 aromatic rings. The molecule has 15 heavy (non-hydrogen) atoms. The molecule has 2 heterocycles. The van der Waals surface area contributed by atoms with Crippen molar-refractivity contribution in [2.24, 2.45) is 0 Å². The van der Waals surface area contributed by atoms with Gasteiger partial charge < -0.3 is 5.11 Å². The molecule has 0 aliphatic carbocycles. The lowest BCUT2D eigenvalue weighted by molar-refractivity contribution is 0.376. The Labute approximate surface area is 90.3 Å². The highest BCUT2D eigenvalue weighted by atomic mass is 31.1. The first-order valence-corrected chi connectivity index (χ1v) is 6.14. The fourth-order valence-electron chi connectivity index (χ4n) is 1.47. The van der Waals surface area contributed by atoms with E-state index < -0.39 is 7.53 Å². The van der Waals surface area contributed by atoms with Crippen molar-refractivity contribution < 1.29 is 5.11 Å². The first-order chi connectivity index (χ1) is 7.29. The molecule has 0 saturated carbocycles. The summed E-state index contributed by atoms with van der Waals surface area (Å²) in [5.74, 6) is 2.52. The average molecular weight is 217 g/mol. The average Bonchev–Trinajstić information content (AvgIpc) is 2.30. The van der Waals surface area contributed by atoms with Gasteiger partial charge in [-0.15, -0.1) is 6.92 Å². The van der Waals surface area contributed by atoms with Crippen LogP contribution < -0.4 is 0 Å². The summed E-state index contributed by atoms with van der Waals surface area (Å²) in [6.07, 6.45) is 3.58. The third kappa shape index (κ3) is 2.23. The Hall–Kier alpha value is -1.24. The minimum absolute atomic E-state index is 0.476. The quantitative estimate of drug-likeness (QED) is 0.777. The van der Waals surface area contributed by atoms with Crippen LogP contribution in [0.5, 0.6) is 0 Å². The molecule has 0 fully saturated rings. The van der Waals surface area contributed by atoms with Crippen molar-refractivity contribution in [3.05, 3.63) is 54.4 Å². The van der Waals surface area contributed by atoms with Crippen LogP contribution in [0.15, 0.2) is 48.5 Å². The maximum absolute atomic E-state index is 9.63. The van der Waals surface area contributed by atoms with Crippen molar-refractivity contribution in [2.45, 2.75) is 6.92 Å². The SMILES string of the molecule is C[C-](O)[p+]1ccccc1-c1cccnc1. The van der Waals surface area contributed by atoms with E-state index >= 15 is 0 Å². The van der Waals surface area contributed by atoms with Crippen molar-refractivity contribution >= 4 is 7.53 Å². The molecule has 0 aromatic carbocycles. The number of pyridine rings is 1. The highest BCUT2D eigenvalue weighted by Gasteiger charge is 2.11. The van der Waals surface area contributed by atoms with E-state index in [1.54, 1.807) is 13.1 Å². The van der Waals surface area contributed by atoms with Gasteiger partial charge in [-0.25, -0.2) is 0 Å². The van der Waals surface area contributed by atoms with Crippen molar-refractivity contribution in [1.29, 1.82) is 0 Å². The minimum atomic E-state index is -0.689. The van der Waals surface area contributed by atoms with Gasteiger partial charge in [0, 0.05) is 31.3 Å². The zero-order valence-electron chi connectivity index (χ0n) is 8.46. The van der Waals surface area contributed by atoms with E-state index in [-0.39, 0.29) is 0 Å². The fraction of sp³-hybridized carbons (Fsp3) is 0.0833. The highest BCUT2D eigenvalue weighted by Crippen LogP contribution is 2.45. The first-order valence-electron chi connectivity index (χ1n) is 4.73. The standard InChI is InChI=1S/C12H12NOP/c1-10(14)15-8-3-2-6-12(15)11-5-4-7-13-9-11/h2-9,14H,1H3. The summed E-state index contributed by atoms with van der Waals surface area (Å²) in [7, 11) is -0.689. The normalized spacial score (nSPS) is 11.8. The van der Waals surface area contributed by atoms with Crippen LogP contribution in [0.2, 0.25) is 0 Å². The molecule has 1 N–H and O–H groups in total. The topological polar surface area (TPSA) is 33.1 Å². The lowest BCUT2D eigenvalue weighted by atomic mass is 10.2. The number of nitrogens with zero attached hydrogens (tertiary/aromatic N) is 1. The molecule has 0 aliphatic heterocycles. The summed E-state index contributed by atoms with van der Waals surface area (Å²) >= 11 is 0. The Balaban J connectivity index is 2.53. The molecule has 0 radical (unpaired) electrons. The monoisotopic (exact) mass is 217 g/mol. The predicted molar refractivity (Wildman–Crippen MR) is 63.0 cm³/mol. The van der Waals surface area contributed by atoms with Gasteiger partial charge >= 0.3 is 0 Å². The van der Waals surface area contributed by atoms with Crippen molar-refractivity contribution in [3.8, 4) is 10.9 Å². The molecular weight excluding hydrogens is 205 g/mol. The Bertz CT molecular complexity index is 442. The van der Waals surface area contributed by atoms with E-state index in [0.717, 1.165) is 10.9 Å². The minimum Gasteiger partial charge on any atom is -0.516 e. The zero-order valence-corrected chi connectivity index (χ0v) is 9.35. The van der Waals surface area contributed by atoms with Gasteiger partial charge in [0.1, 0.15) is 5.30 Å². The lowest BCUT2D eigenvalue weighted by Gasteiger charge is -2.09. The maximum Gasteiger partial charge on any atom is 0.128 e.